The number of para-hydroxylation sites is 1. The lowest BCUT2D eigenvalue weighted by Gasteiger charge is -2.04. The second-order valence-corrected chi connectivity index (χ2v) is 3.84. The Morgan fingerprint density at radius 2 is 1.87 bits per heavy atom. The topological polar surface area (TPSA) is 43.1 Å². The minimum absolute atomic E-state index is 0.207. The van der Waals surface area contributed by atoms with Crippen LogP contribution in [0.3, 0.4) is 0 Å². The molecule has 0 fully saturated rings. The second kappa shape index (κ2) is 4.73. The average molecular weight is 205 g/mol. The zero-order chi connectivity index (χ0) is 11.4. The molecule has 0 N–H and O–H groups in total. The first-order valence-electron chi connectivity index (χ1n) is 4.87. The van der Waals surface area contributed by atoms with E-state index < -0.39 is 0 Å². The zero-order valence-electron chi connectivity index (χ0n) is 9.28. The van der Waals surface area contributed by atoms with E-state index in [1.54, 1.807) is 12.1 Å². The van der Waals surface area contributed by atoms with Gasteiger partial charge in [0.05, 0.1) is 4.92 Å². The Bertz CT molecular complexity index is 404. The summed E-state index contributed by atoms with van der Waals surface area (Å²) in [6.07, 6.45) is 0.652. The molecule has 0 heterocycles. The molecule has 1 aromatic rings. The highest BCUT2D eigenvalue weighted by molar-refractivity contribution is 5.42. The summed E-state index contributed by atoms with van der Waals surface area (Å²) in [4.78, 5) is 10.4. The minimum atomic E-state index is -0.326. The SMILES string of the molecule is CC(C)=C(C)Cc1ccccc1[N+](=O)[O-]. The third-order valence-electron chi connectivity index (χ3n) is 2.50. The molecule has 0 aliphatic heterocycles. The molecule has 0 atom stereocenters. The van der Waals surface area contributed by atoms with Crippen LogP contribution in [0, 0.1) is 10.1 Å². The average Bonchev–Trinajstić information content (AvgIpc) is 2.18. The Morgan fingerprint density at radius 1 is 1.27 bits per heavy atom. The van der Waals surface area contributed by atoms with Gasteiger partial charge in [-0.15, -0.1) is 0 Å². The molecule has 0 spiro atoms. The normalized spacial score (nSPS) is 9.80. The second-order valence-electron chi connectivity index (χ2n) is 3.84. The zero-order valence-corrected chi connectivity index (χ0v) is 9.28. The van der Waals surface area contributed by atoms with Crippen molar-refractivity contribution in [1.29, 1.82) is 0 Å². The van der Waals surface area contributed by atoms with Gasteiger partial charge < -0.3 is 0 Å². The largest absolute Gasteiger partial charge is 0.272 e. The monoisotopic (exact) mass is 205 g/mol. The molecule has 0 aromatic heterocycles. The molecule has 3 nitrogen and oxygen atoms in total. The quantitative estimate of drug-likeness (QED) is 0.430. The highest BCUT2D eigenvalue weighted by Crippen LogP contribution is 2.21. The van der Waals surface area contributed by atoms with Crippen molar-refractivity contribution in [3.05, 3.63) is 51.1 Å². The van der Waals surface area contributed by atoms with Crippen molar-refractivity contribution in [2.24, 2.45) is 0 Å². The predicted molar refractivity (Wildman–Crippen MR) is 60.8 cm³/mol. The van der Waals surface area contributed by atoms with E-state index in [0.717, 1.165) is 5.56 Å². The summed E-state index contributed by atoms with van der Waals surface area (Å²) >= 11 is 0. The van der Waals surface area contributed by atoms with Gasteiger partial charge in [0, 0.05) is 18.1 Å². The first kappa shape index (κ1) is 11.4. The van der Waals surface area contributed by atoms with E-state index in [-0.39, 0.29) is 10.6 Å². The summed E-state index contributed by atoms with van der Waals surface area (Å²) in [5.41, 5.74) is 3.39. The number of nitro groups is 1. The van der Waals surface area contributed by atoms with Crippen LogP contribution in [0.4, 0.5) is 5.69 Å². The number of benzene rings is 1. The Balaban J connectivity index is 3.05. The fourth-order valence-electron chi connectivity index (χ4n) is 1.30. The van der Waals surface area contributed by atoms with Gasteiger partial charge in [-0.05, 0) is 20.8 Å². The highest BCUT2D eigenvalue weighted by atomic mass is 16.6. The van der Waals surface area contributed by atoms with Crippen molar-refractivity contribution in [1.82, 2.24) is 0 Å². The number of allylic oxidation sites excluding steroid dienone is 2. The van der Waals surface area contributed by atoms with Crippen LogP contribution in [0.15, 0.2) is 35.4 Å². The maximum absolute atomic E-state index is 10.8. The summed E-state index contributed by atoms with van der Waals surface area (Å²) in [5.74, 6) is 0. The smallest absolute Gasteiger partial charge is 0.258 e. The van der Waals surface area contributed by atoms with Crippen molar-refractivity contribution in [2.45, 2.75) is 27.2 Å². The van der Waals surface area contributed by atoms with Crippen molar-refractivity contribution in [3.63, 3.8) is 0 Å². The number of hydrogen-bond acceptors (Lipinski definition) is 2. The lowest BCUT2D eigenvalue weighted by Crippen LogP contribution is -1.96. The van der Waals surface area contributed by atoms with Crippen molar-refractivity contribution >= 4 is 5.69 Å². The van der Waals surface area contributed by atoms with Crippen LogP contribution in [0.1, 0.15) is 26.3 Å². The molecule has 80 valence electrons. The predicted octanol–water partition coefficient (Wildman–Crippen LogP) is 3.49. The van der Waals surface area contributed by atoms with Gasteiger partial charge in [0.25, 0.3) is 5.69 Å². The van der Waals surface area contributed by atoms with Gasteiger partial charge in [0.15, 0.2) is 0 Å². The molecular formula is C12H15NO2. The molecule has 3 heteroatoms. The summed E-state index contributed by atoms with van der Waals surface area (Å²) in [7, 11) is 0. The molecule has 0 bridgehead atoms. The Hall–Kier alpha value is -1.64. The summed E-state index contributed by atoms with van der Waals surface area (Å²) in [5, 5.41) is 10.8. The summed E-state index contributed by atoms with van der Waals surface area (Å²) in [6.45, 7) is 6.04. The van der Waals surface area contributed by atoms with E-state index in [1.807, 2.05) is 32.9 Å². The lowest BCUT2D eigenvalue weighted by molar-refractivity contribution is -0.385. The van der Waals surface area contributed by atoms with E-state index in [4.69, 9.17) is 0 Å². The molecule has 0 amide bonds. The molecule has 15 heavy (non-hydrogen) atoms. The highest BCUT2D eigenvalue weighted by Gasteiger charge is 2.12. The minimum Gasteiger partial charge on any atom is -0.258 e. The molecule has 1 aromatic carbocycles. The van der Waals surface area contributed by atoms with Gasteiger partial charge in [-0.2, -0.15) is 0 Å². The van der Waals surface area contributed by atoms with Crippen LogP contribution in [0.5, 0.6) is 0 Å². The fourth-order valence-corrected chi connectivity index (χ4v) is 1.30. The van der Waals surface area contributed by atoms with Crippen LogP contribution >= 0.6 is 0 Å². The molecule has 0 radical (unpaired) electrons. The van der Waals surface area contributed by atoms with E-state index in [9.17, 15) is 10.1 Å². The van der Waals surface area contributed by atoms with Crippen molar-refractivity contribution < 1.29 is 4.92 Å². The van der Waals surface area contributed by atoms with Crippen molar-refractivity contribution in [3.8, 4) is 0 Å². The molecule has 0 unspecified atom stereocenters. The molecule has 0 aliphatic rings. The Morgan fingerprint density at radius 3 is 2.40 bits per heavy atom. The molecule has 0 saturated heterocycles. The third-order valence-corrected chi connectivity index (χ3v) is 2.50. The van der Waals surface area contributed by atoms with Gasteiger partial charge >= 0.3 is 0 Å². The van der Waals surface area contributed by atoms with Crippen LogP contribution in [-0.4, -0.2) is 4.92 Å². The Labute approximate surface area is 89.6 Å². The Kier molecular flexibility index (Phi) is 3.61. The van der Waals surface area contributed by atoms with E-state index in [1.165, 1.54) is 11.1 Å². The first-order valence-corrected chi connectivity index (χ1v) is 4.87. The van der Waals surface area contributed by atoms with Crippen LogP contribution in [0.2, 0.25) is 0 Å². The van der Waals surface area contributed by atoms with Gasteiger partial charge in [0.1, 0.15) is 0 Å². The van der Waals surface area contributed by atoms with Gasteiger partial charge in [-0.3, -0.25) is 10.1 Å². The van der Waals surface area contributed by atoms with E-state index in [2.05, 4.69) is 0 Å². The number of rotatable bonds is 3. The number of hydrogen-bond donors (Lipinski definition) is 0. The van der Waals surface area contributed by atoms with Gasteiger partial charge in [-0.25, -0.2) is 0 Å². The van der Waals surface area contributed by atoms with E-state index in [0.29, 0.717) is 6.42 Å². The molecule has 1 rings (SSSR count). The molecule has 0 saturated carbocycles. The third kappa shape index (κ3) is 2.91. The standard InChI is InChI=1S/C12H15NO2/c1-9(2)10(3)8-11-6-4-5-7-12(11)13(14)15/h4-7H,8H2,1-3H3. The van der Waals surface area contributed by atoms with Crippen LogP contribution in [-0.2, 0) is 6.42 Å². The summed E-state index contributed by atoms with van der Waals surface area (Å²) in [6, 6.07) is 6.89. The van der Waals surface area contributed by atoms with Crippen LogP contribution < -0.4 is 0 Å². The van der Waals surface area contributed by atoms with Crippen molar-refractivity contribution in [2.75, 3.05) is 0 Å². The van der Waals surface area contributed by atoms with Gasteiger partial charge in [-0.1, -0.05) is 29.3 Å². The molecular weight excluding hydrogens is 190 g/mol. The van der Waals surface area contributed by atoms with E-state index >= 15 is 0 Å². The molecule has 0 aliphatic carbocycles. The maximum atomic E-state index is 10.8. The van der Waals surface area contributed by atoms with Crippen LogP contribution in [0.25, 0.3) is 0 Å². The fraction of sp³-hybridized carbons (Fsp3) is 0.333. The number of nitro benzene ring substituents is 1. The first-order chi connectivity index (χ1) is 7.02. The lowest BCUT2D eigenvalue weighted by atomic mass is 10.0. The number of nitrogens with zero attached hydrogens (tertiary/aromatic N) is 1. The van der Waals surface area contributed by atoms with Gasteiger partial charge in [0.2, 0.25) is 0 Å². The maximum Gasteiger partial charge on any atom is 0.272 e. The summed E-state index contributed by atoms with van der Waals surface area (Å²) < 4.78 is 0.